The van der Waals surface area contributed by atoms with E-state index in [0.717, 1.165) is 38.5 Å². The van der Waals surface area contributed by atoms with Crippen LogP contribution in [0.3, 0.4) is 0 Å². The van der Waals surface area contributed by atoms with Gasteiger partial charge in [0.2, 0.25) is 0 Å². The van der Waals surface area contributed by atoms with Crippen LogP contribution in [0.2, 0.25) is 0 Å². The van der Waals surface area contributed by atoms with E-state index < -0.39 is 17.8 Å². The Kier molecular flexibility index (Phi) is 32.3. The molecular formula is C39H75NO8. The molecule has 0 spiro atoms. The topological polar surface area (TPSA) is 120 Å². The van der Waals surface area contributed by atoms with E-state index in [1.165, 1.54) is 103 Å². The maximum atomic E-state index is 12.6. The van der Waals surface area contributed by atoms with Gasteiger partial charge in [-0.25, -0.2) is 4.79 Å². The van der Waals surface area contributed by atoms with Crippen LogP contribution < -0.4 is 5.32 Å². The monoisotopic (exact) mass is 686 g/mol. The Balaban J connectivity index is 4.44. The summed E-state index contributed by atoms with van der Waals surface area (Å²) in [5.74, 6) is -0.698. The van der Waals surface area contributed by atoms with Gasteiger partial charge in [0.25, 0.3) is 0 Å². The molecule has 0 aromatic heterocycles. The first kappa shape index (κ1) is 46.1. The molecule has 0 fully saturated rings. The lowest BCUT2D eigenvalue weighted by Gasteiger charge is -2.25. The molecule has 0 aliphatic carbocycles. The van der Waals surface area contributed by atoms with Gasteiger partial charge in [0.1, 0.15) is 13.2 Å². The number of hydrogen-bond donors (Lipinski definition) is 2. The van der Waals surface area contributed by atoms with Crippen LogP contribution in [-0.2, 0) is 28.5 Å². The van der Waals surface area contributed by atoms with Gasteiger partial charge < -0.3 is 29.4 Å². The summed E-state index contributed by atoms with van der Waals surface area (Å²) in [7, 11) is 0. The van der Waals surface area contributed by atoms with Crippen molar-refractivity contribution in [3.05, 3.63) is 0 Å². The van der Waals surface area contributed by atoms with Gasteiger partial charge >= 0.3 is 18.0 Å². The molecular weight excluding hydrogens is 610 g/mol. The summed E-state index contributed by atoms with van der Waals surface area (Å²) in [4.78, 5) is 37.3. The fourth-order valence-corrected chi connectivity index (χ4v) is 5.57. The normalized spacial score (nSPS) is 12.1. The Morgan fingerprint density at radius 3 is 1.48 bits per heavy atom. The van der Waals surface area contributed by atoms with Crippen molar-refractivity contribution < 1.29 is 38.4 Å². The third-order valence-electron chi connectivity index (χ3n) is 8.68. The summed E-state index contributed by atoms with van der Waals surface area (Å²) in [6.45, 7) is 8.36. The van der Waals surface area contributed by atoms with Gasteiger partial charge in [0.05, 0.1) is 18.8 Å². The van der Waals surface area contributed by atoms with Crippen molar-refractivity contribution >= 4 is 18.0 Å². The molecule has 48 heavy (non-hydrogen) atoms. The van der Waals surface area contributed by atoms with Crippen LogP contribution in [-0.4, -0.2) is 67.8 Å². The van der Waals surface area contributed by atoms with Gasteiger partial charge in [-0.1, -0.05) is 142 Å². The molecule has 9 heteroatoms. The number of esters is 2. The highest BCUT2D eigenvalue weighted by Crippen LogP contribution is 2.15. The van der Waals surface area contributed by atoms with Gasteiger partial charge in [-0.2, -0.15) is 0 Å². The van der Waals surface area contributed by atoms with Gasteiger partial charge in [-0.05, 0) is 33.1 Å². The predicted molar refractivity (Wildman–Crippen MR) is 194 cm³/mol. The summed E-state index contributed by atoms with van der Waals surface area (Å²) in [6, 6.07) is 0. The number of aliphatic hydroxyl groups excluding tert-OH is 1. The van der Waals surface area contributed by atoms with E-state index in [2.05, 4.69) is 19.2 Å². The molecule has 0 saturated carbocycles. The number of alkyl carbamates (subject to hydrolysis) is 1. The highest BCUT2D eigenvalue weighted by Gasteiger charge is 2.21. The molecule has 9 nitrogen and oxygen atoms in total. The third-order valence-corrected chi connectivity index (χ3v) is 8.68. The van der Waals surface area contributed by atoms with Gasteiger partial charge in [-0.15, -0.1) is 0 Å². The van der Waals surface area contributed by atoms with Crippen molar-refractivity contribution in [1.29, 1.82) is 0 Å². The second-order valence-electron chi connectivity index (χ2n) is 14.0. The van der Waals surface area contributed by atoms with Crippen LogP contribution in [0.4, 0.5) is 4.79 Å². The molecule has 0 bridgehead atoms. The highest BCUT2D eigenvalue weighted by atomic mass is 16.6. The van der Waals surface area contributed by atoms with Crippen molar-refractivity contribution in [2.75, 3.05) is 33.0 Å². The first-order valence-corrected chi connectivity index (χ1v) is 19.7. The quantitative estimate of drug-likeness (QED) is 0.0384. The summed E-state index contributed by atoms with van der Waals surface area (Å²) >= 11 is 0. The number of carbonyl (C=O) groups excluding carboxylic acids is 3. The lowest BCUT2D eigenvalue weighted by molar-refractivity contribution is -0.161. The summed E-state index contributed by atoms with van der Waals surface area (Å²) in [6.07, 6.45) is 26.0. The molecule has 0 heterocycles. The first-order chi connectivity index (χ1) is 23.2. The van der Waals surface area contributed by atoms with E-state index in [-0.39, 0.29) is 44.8 Å². The zero-order valence-electron chi connectivity index (χ0n) is 31.6. The summed E-state index contributed by atoms with van der Waals surface area (Å²) in [5.41, 5.74) is -0.510. The summed E-state index contributed by atoms with van der Waals surface area (Å²) < 4.78 is 21.9. The number of aliphatic hydroxyl groups is 1. The van der Waals surface area contributed by atoms with Crippen LogP contribution in [0.25, 0.3) is 0 Å². The van der Waals surface area contributed by atoms with E-state index in [1.807, 2.05) is 13.8 Å². The van der Waals surface area contributed by atoms with Crippen LogP contribution in [0, 0.1) is 0 Å². The fourth-order valence-electron chi connectivity index (χ4n) is 5.57. The predicted octanol–water partition coefficient (Wildman–Crippen LogP) is 9.75. The lowest BCUT2D eigenvalue weighted by Crippen LogP contribution is -2.36. The molecule has 284 valence electrons. The standard InChI is InChI=1S/C39H75NO8/c1-5-7-9-11-13-15-17-19-21-23-25-27-36(42)45-33-35(34-46-38(44)40-30-29-39(3,4)47-32-31-41)48-37(43)28-26-24-22-20-18-16-14-12-10-8-6-2/h35,41H,5-34H2,1-4H3,(H,40,44). The van der Waals surface area contributed by atoms with Gasteiger partial charge in [0, 0.05) is 19.4 Å². The number of ether oxygens (including phenoxy) is 4. The largest absolute Gasteiger partial charge is 0.462 e. The molecule has 1 amide bonds. The minimum Gasteiger partial charge on any atom is -0.462 e. The van der Waals surface area contributed by atoms with Crippen LogP contribution in [0.1, 0.15) is 188 Å². The SMILES string of the molecule is CCCCCCCCCCCCCC(=O)OCC(COC(=O)NCCC(C)(C)OCCO)OC(=O)CCCCCCCCCCCCC. The zero-order valence-corrected chi connectivity index (χ0v) is 31.6. The Morgan fingerprint density at radius 1 is 0.604 bits per heavy atom. The van der Waals surface area contributed by atoms with E-state index in [9.17, 15) is 14.4 Å². The molecule has 0 aliphatic heterocycles. The second kappa shape index (κ2) is 33.6. The van der Waals surface area contributed by atoms with Crippen molar-refractivity contribution in [2.45, 2.75) is 200 Å². The Hall–Kier alpha value is -1.87. The molecule has 2 N–H and O–H groups in total. The maximum Gasteiger partial charge on any atom is 0.407 e. The number of carbonyl (C=O) groups is 3. The van der Waals surface area contributed by atoms with E-state index in [0.29, 0.717) is 19.4 Å². The Labute approximate surface area is 294 Å². The number of nitrogens with one attached hydrogen (secondary N) is 1. The second-order valence-corrected chi connectivity index (χ2v) is 14.0. The van der Waals surface area contributed by atoms with Crippen molar-refractivity contribution in [2.24, 2.45) is 0 Å². The van der Waals surface area contributed by atoms with Crippen molar-refractivity contribution in [3.63, 3.8) is 0 Å². The molecule has 0 rings (SSSR count). The molecule has 0 aromatic rings. The Bertz CT molecular complexity index is 760. The zero-order chi connectivity index (χ0) is 35.6. The minimum absolute atomic E-state index is 0.0673. The van der Waals surface area contributed by atoms with Crippen molar-refractivity contribution in [1.82, 2.24) is 5.32 Å². The van der Waals surface area contributed by atoms with E-state index >= 15 is 0 Å². The Morgan fingerprint density at radius 2 is 1.02 bits per heavy atom. The molecule has 0 aromatic carbocycles. The number of hydrogen-bond acceptors (Lipinski definition) is 8. The summed E-state index contributed by atoms with van der Waals surface area (Å²) in [5, 5.41) is 11.6. The molecule has 0 aliphatic rings. The molecule has 0 saturated heterocycles. The minimum atomic E-state index is -0.860. The average Bonchev–Trinajstić information content (AvgIpc) is 3.06. The first-order valence-electron chi connectivity index (χ1n) is 19.7. The highest BCUT2D eigenvalue weighted by molar-refractivity contribution is 5.70. The van der Waals surface area contributed by atoms with Crippen LogP contribution in [0.5, 0.6) is 0 Å². The molecule has 0 radical (unpaired) electrons. The van der Waals surface area contributed by atoms with Crippen LogP contribution >= 0.6 is 0 Å². The number of unbranched alkanes of at least 4 members (excludes halogenated alkanes) is 20. The fraction of sp³-hybridized carbons (Fsp3) is 0.923. The third kappa shape index (κ3) is 32.7. The van der Waals surface area contributed by atoms with Crippen LogP contribution in [0.15, 0.2) is 0 Å². The number of amides is 1. The maximum absolute atomic E-state index is 12.6. The smallest absolute Gasteiger partial charge is 0.407 e. The van der Waals surface area contributed by atoms with Gasteiger partial charge in [0.15, 0.2) is 6.10 Å². The average molecular weight is 686 g/mol. The lowest BCUT2D eigenvalue weighted by atomic mass is 10.1. The number of rotatable bonds is 35. The molecule has 1 unspecified atom stereocenters. The van der Waals surface area contributed by atoms with Gasteiger partial charge in [-0.3, -0.25) is 9.59 Å². The van der Waals surface area contributed by atoms with E-state index in [4.69, 9.17) is 24.1 Å². The molecule has 1 atom stereocenters. The van der Waals surface area contributed by atoms with Crippen molar-refractivity contribution in [3.8, 4) is 0 Å². The van der Waals surface area contributed by atoms with E-state index in [1.54, 1.807) is 0 Å².